The van der Waals surface area contributed by atoms with E-state index in [1.807, 2.05) is 47.8 Å². The van der Waals surface area contributed by atoms with Gasteiger partial charge in [-0.25, -0.2) is 4.98 Å². The van der Waals surface area contributed by atoms with Gasteiger partial charge < -0.3 is 0 Å². The summed E-state index contributed by atoms with van der Waals surface area (Å²) in [6.07, 6.45) is 0. The molecule has 0 aliphatic carbocycles. The van der Waals surface area contributed by atoms with Crippen LogP contribution in [0.1, 0.15) is 10.4 Å². The van der Waals surface area contributed by atoms with Gasteiger partial charge in [-0.1, -0.05) is 42.5 Å². The molecule has 1 N–H and O–H groups in total. The summed E-state index contributed by atoms with van der Waals surface area (Å²) in [4.78, 5) is 27.1. The molecule has 4 rings (SSSR count). The standard InChI is InChI=1S/C20H13N3O3S/c24-19(14-8-10-15(11-9-14)23(25)26)22-20-21-18(12-27-20)17-7-3-5-13-4-1-2-6-16(13)17/h1-12H,(H,21,22,24). The molecule has 0 fully saturated rings. The number of hydrogen-bond acceptors (Lipinski definition) is 5. The molecule has 0 aliphatic rings. The summed E-state index contributed by atoms with van der Waals surface area (Å²) in [5.74, 6) is -0.358. The number of aromatic nitrogens is 1. The molecule has 1 heterocycles. The van der Waals surface area contributed by atoms with E-state index in [9.17, 15) is 14.9 Å². The van der Waals surface area contributed by atoms with Gasteiger partial charge in [-0.05, 0) is 22.9 Å². The first-order chi connectivity index (χ1) is 13.1. The van der Waals surface area contributed by atoms with E-state index >= 15 is 0 Å². The molecule has 0 saturated carbocycles. The van der Waals surface area contributed by atoms with Gasteiger partial charge in [0.15, 0.2) is 5.13 Å². The maximum Gasteiger partial charge on any atom is 0.269 e. The average molecular weight is 375 g/mol. The lowest BCUT2D eigenvalue weighted by Gasteiger charge is -2.04. The second-order valence-corrected chi connectivity index (χ2v) is 6.68. The minimum atomic E-state index is -0.501. The Balaban J connectivity index is 1.57. The van der Waals surface area contributed by atoms with Crippen LogP contribution in [0.15, 0.2) is 72.1 Å². The van der Waals surface area contributed by atoms with Crippen molar-refractivity contribution in [3.8, 4) is 11.3 Å². The lowest BCUT2D eigenvalue weighted by atomic mass is 10.0. The molecule has 132 valence electrons. The third-order valence-corrected chi connectivity index (χ3v) is 4.89. The van der Waals surface area contributed by atoms with E-state index in [-0.39, 0.29) is 11.6 Å². The zero-order valence-electron chi connectivity index (χ0n) is 14.0. The smallest absolute Gasteiger partial charge is 0.269 e. The van der Waals surface area contributed by atoms with Gasteiger partial charge in [0.1, 0.15) is 0 Å². The highest BCUT2D eigenvalue weighted by Crippen LogP contribution is 2.31. The van der Waals surface area contributed by atoms with Crippen LogP contribution >= 0.6 is 11.3 Å². The summed E-state index contributed by atoms with van der Waals surface area (Å²) in [7, 11) is 0. The fourth-order valence-corrected chi connectivity index (χ4v) is 3.51. The SMILES string of the molecule is O=C(Nc1nc(-c2cccc3ccccc23)cs1)c1ccc([N+](=O)[O-])cc1. The van der Waals surface area contributed by atoms with Crippen molar-refractivity contribution in [3.05, 3.63) is 87.8 Å². The van der Waals surface area contributed by atoms with Crippen LogP contribution in [0.25, 0.3) is 22.0 Å². The number of nitro groups is 1. The number of rotatable bonds is 4. The molecular formula is C20H13N3O3S. The summed E-state index contributed by atoms with van der Waals surface area (Å²) in [6, 6.07) is 19.5. The summed E-state index contributed by atoms with van der Waals surface area (Å²) in [5, 5.41) is 18.0. The molecule has 0 bridgehead atoms. The molecule has 0 spiro atoms. The third kappa shape index (κ3) is 3.40. The molecule has 6 nitrogen and oxygen atoms in total. The van der Waals surface area contributed by atoms with Crippen molar-refractivity contribution in [3.63, 3.8) is 0 Å². The van der Waals surface area contributed by atoms with Crippen molar-refractivity contribution in [1.29, 1.82) is 0 Å². The quantitative estimate of drug-likeness (QED) is 0.396. The van der Waals surface area contributed by atoms with Crippen LogP contribution in [0.2, 0.25) is 0 Å². The number of nitrogens with one attached hydrogen (secondary N) is 1. The number of carbonyl (C=O) groups is 1. The Hall–Kier alpha value is -3.58. The van der Waals surface area contributed by atoms with Crippen LogP contribution in [0, 0.1) is 10.1 Å². The predicted octanol–water partition coefficient (Wildman–Crippen LogP) is 5.12. The van der Waals surface area contributed by atoms with Crippen LogP contribution < -0.4 is 5.32 Å². The first-order valence-corrected chi connectivity index (χ1v) is 8.99. The van der Waals surface area contributed by atoms with E-state index in [1.54, 1.807) is 0 Å². The van der Waals surface area contributed by atoms with Gasteiger partial charge in [-0.2, -0.15) is 0 Å². The van der Waals surface area contributed by atoms with E-state index < -0.39 is 4.92 Å². The van der Waals surface area contributed by atoms with Crippen molar-refractivity contribution in [2.45, 2.75) is 0 Å². The van der Waals surface area contributed by atoms with Crippen LogP contribution in [0.3, 0.4) is 0 Å². The number of nitro benzene ring substituents is 1. The molecule has 0 aliphatic heterocycles. The Labute approximate surface area is 158 Å². The highest BCUT2D eigenvalue weighted by Gasteiger charge is 2.13. The molecule has 27 heavy (non-hydrogen) atoms. The Kier molecular flexibility index (Phi) is 4.35. The zero-order valence-corrected chi connectivity index (χ0v) is 14.8. The van der Waals surface area contributed by atoms with Gasteiger partial charge in [-0.3, -0.25) is 20.2 Å². The maximum atomic E-state index is 12.3. The normalized spacial score (nSPS) is 10.7. The average Bonchev–Trinajstić information content (AvgIpc) is 3.15. The van der Waals surface area contributed by atoms with E-state index in [0.717, 1.165) is 22.0 Å². The molecular weight excluding hydrogens is 362 g/mol. The summed E-state index contributed by atoms with van der Waals surface area (Å²) in [6.45, 7) is 0. The topological polar surface area (TPSA) is 85.1 Å². The van der Waals surface area contributed by atoms with Gasteiger partial charge in [0, 0.05) is 28.6 Å². The van der Waals surface area contributed by atoms with Crippen molar-refractivity contribution >= 4 is 38.8 Å². The van der Waals surface area contributed by atoms with Gasteiger partial charge >= 0.3 is 0 Å². The molecule has 1 aromatic heterocycles. The number of thiazole rings is 1. The van der Waals surface area contributed by atoms with E-state index in [1.165, 1.54) is 35.6 Å². The molecule has 3 aromatic carbocycles. The second-order valence-electron chi connectivity index (χ2n) is 5.82. The van der Waals surface area contributed by atoms with Crippen LogP contribution in [-0.2, 0) is 0 Å². The number of hydrogen-bond donors (Lipinski definition) is 1. The maximum absolute atomic E-state index is 12.3. The Morgan fingerprint density at radius 2 is 1.74 bits per heavy atom. The number of carbonyl (C=O) groups excluding carboxylic acids is 1. The minimum Gasteiger partial charge on any atom is -0.298 e. The largest absolute Gasteiger partial charge is 0.298 e. The third-order valence-electron chi connectivity index (χ3n) is 4.13. The number of non-ortho nitro benzene ring substituents is 1. The molecule has 0 saturated heterocycles. The van der Waals surface area contributed by atoms with Crippen LogP contribution in [-0.4, -0.2) is 15.8 Å². The van der Waals surface area contributed by atoms with E-state index in [4.69, 9.17) is 0 Å². The number of fused-ring (bicyclic) bond motifs is 1. The minimum absolute atomic E-state index is 0.0564. The van der Waals surface area contributed by atoms with Crippen LogP contribution in [0.4, 0.5) is 10.8 Å². The number of anilines is 1. The van der Waals surface area contributed by atoms with Crippen LogP contribution in [0.5, 0.6) is 0 Å². The fraction of sp³-hybridized carbons (Fsp3) is 0. The lowest BCUT2D eigenvalue weighted by molar-refractivity contribution is -0.384. The Morgan fingerprint density at radius 3 is 2.52 bits per heavy atom. The first-order valence-electron chi connectivity index (χ1n) is 8.11. The molecule has 1 amide bonds. The molecule has 0 radical (unpaired) electrons. The monoisotopic (exact) mass is 375 g/mol. The molecule has 7 heteroatoms. The van der Waals surface area contributed by atoms with Gasteiger partial charge in [0.05, 0.1) is 10.6 Å². The number of amides is 1. The summed E-state index contributed by atoms with van der Waals surface area (Å²) in [5.41, 5.74) is 2.07. The van der Waals surface area contributed by atoms with Gasteiger partial charge in [-0.15, -0.1) is 11.3 Å². The fourth-order valence-electron chi connectivity index (χ4n) is 2.81. The summed E-state index contributed by atoms with van der Waals surface area (Å²) >= 11 is 1.33. The highest BCUT2D eigenvalue weighted by atomic mass is 32.1. The lowest BCUT2D eigenvalue weighted by Crippen LogP contribution is -2.11. The Morgan fingerprint density at radius 1 is 1.00 bits per heavy atom. The second kappa shape index (κ2) is 6.97. The molecule has 0 atom stereocenters. The van der Waals surface area contributed by atoms with E-state index in [0.29, 0.717) is 10.7 Å². The molecule has 0 unspecified atom stereocenters. The van der Waals surface area contributed by atoms with Gasteiger partial charge in [0.2, 0.25) is 0 Å². The van der Waals surface area contributed by atoms with Crippen molar-refractivity contribution in [2.75, 3.05) is 5.32 Å². The molecule has 4 aromatic rings. The van der Waals surface area contributed by atoms with Gasteiger partial charge in [0.25, 0.3) is 11.6 Å². The van der Waals surface area contributed by atoms with Crippen molar-refractivity contribution in [1.82, 2.24) is 4.98 Å². The van der Waals surface area contributed by atoms with Crippen molar-refractivity contribution in [2.24, 2.45) is 0 Å². The zero-order chi connectivity index (χ0) is 18.8. The predicted molar refractivity (Wildman–Crippen MR) is 106 cm³/mol. The number of nitrogens with zero attached hydrogens (tertiary/aromatic N) is 2. The number of benzene rings is 3. The van der Waals surface area contributed by atoms with E-state index in [2.05, 4.69) is 10.3 Å². The van der Waals surface area contributed by atoms with Crippen molar-refractivity contribution < 1.29 is 9.72 Å². The first kappa shape index (κ1) is 16.9. The summed E-state index contributed by atoms with van der Waals surface area (Å²) < 4.78 is 0. The highest BCUT2D eigenvalue weighted by molar-refractivity contribution is 7.14. The Bertz CT molecular complexity index is 1150.